The summed E-state index contributed by atoms with van der Waals surface area (Å²) >= 11 is 0. The standard InChI is InChI=1S/C49H35NO/c1-49(2)43-18-10-8-16-39(43)40-28-26-37(31-44(40)49)50(45-29-23-33-12-6-7-15-38(33)48(45)34-13-4-3-5-14-34)36-24-20-32(21-25-36)35-22-27-42-41-17-9-11-19-46(41)51-47(42)30-35/h3-31H,1-2H3. The van der Waals surface area contributed by atoms with Crippen molar-refractivity contribution in [1.29, 1.82) is 0 Å². The van der Waals surface area contributed by atoms with Gasteiger partial charge in [-0.3, -0.25) is 0 Å². The number of rotatable bonds is 5. The minimum absolute atomic E-state index is 0.113. The van der Waals surface area contributed by atoms with Crippen LogP contribution in [0.15, 0.2) is 180 Å². The maximum absolute atomic E-state index is 6.25. The summed E-state index contributed by atoms with van der Waals surface area (Å²) in [5.41, 5.74) is 15.2. The van der Waals surface area contributed by atoms with E-state index in [0.29, 0.717) is 0 Å². The zero-order chi connectivity index (χ0) is 34.1. The smallest absolute Gasteiger partial charge is 0.136 e. The maximum Gasteiger partial charge on any atom is 0.136 e. The average molecular weight is 654 g/mol. The van der Waals surface area contributed by atoms with Gasteiger partial charge in [0.25, 0.3) is 0 Å². The van der Waals surface area contributed by atoms with Crippen molar-refractivity contribution in [3.63, 3.8) is 0 Å². The number of fused-ring (bicyclic) bond motifs is 7. The molecule has 1 aromatic heterocycles. The molecule has 2 heteroatoms. The predicted molar refractivity (Wildman–Crippen MR) is 214 cm³/mol. The molecule has 2 nitrogen and oxygen atoms in total. The summed E-state index contributed by atoms with van der Waals surface area (Å²) < 4.78 is 6.25. The molecule has 0 saturated carbocycles. The van der Waals surface area contributed by atoms with E-state index < -0.39 is 0 Å². The van der Waals surface area contributed by atoms with Crippen LogP contribution in [0.25, 0.3) is 66.1 Å². The Bertz CT molecular complexity index is 2770. The molecule has 0 spiro atoms. The van der Waals surface area contributed by atoms with Crippen molar-refractivity contribution < 1.29 is 4.42 Å². The zero-order valence-electron chi connectivity index (χ0n) is 28.6. The molecular weight excluding hydrogens is 619 g/mol. The first-order valence-electron chi connectivity index (χ1n) is 17.7. The molecule has 0 amide bonds. The van der Waals surface area contributed by atoms with Crippen LogP contribution >= 0.6 is 0 Å². The van der Waals surface area contributed by atoms with Crippen molar-refractivity contribution in [3.05, 3.63) is 187 Å². The van der Waals surface area contributed by atoms with Crippen molar-refractivity contribution >= 4 is 49.8 Å². The Morgan fingerprint density at radius 3 is 1.96 bits per heavy atom. The van der Waals surface area contributed by atoms with Gasteiger partial charge in [0, 0.05) is 33.1 Å². The lowest BCUT2D eigenvalue weighted by atomic mass is 9.82. The van der Waals surface area contributed by atoms with Gasteiger partial charge >= 0.3 is 0 Å². The van der Waals surface area contributed by atoms with Gasteiger partial charge in [0.05, 0.1) is 5.69 Å². The molecule has 0 fully saturated rings. The third-order valence-electron chi connectivity index (χ3n) is 10.9. The monoisotopic (exact) mass is 653 g/mol. The first-order chi connectivity index (χ1) is 25.0. The third kappa shape index (κ3) is 4.64. The summed E-state index contributed by atoms with van der Waals surface area (Å²) in [4.78, 5) is 2.44. The minimum atomic E-state index is -0.113. The van der Waals surface area contributed by atoms with Crippen LogP contribution in [-0.4, -0.2) is 0 Å². The van der Waals surface area contributed by atoms with Crippen LogP contribution in [0, 0.1) is 0 Å². The van der Waals surface area contributed by atoms with Crippen LogP contribution in [0.5, 0.6) is 0 Å². The summed E-state index contributed by atoms with van der Waals surface area (Å²) in [6, 6.07) is 63.8. The van der Waals surface area contributed by atoms with E-state index in [9.17, 15) is 0 Å². The highest BCUT2D eigenvalue weighted by Gasteiger charge is 2.36. The fourth-order valence-electron chi connectivity index (χ4n) is 8.32. The summed E-state index contributed by atoms with van der Waals surface area (Å²) in [5, 5.41) is 4.75. The number of hydrogen-bond acceptors (Lipinski definition) is 2. The van der Waals surface area contributed by atoms with Crippen LogP contribution in [-0.2, 0) is 5.41 Å². The fourth-order valence-corrected chi connectivity index (χ4v) is 8.32. The Hall–Kier alpha value is -6.38. The SMILES string of the molecule is CC1(C)c2ccccc2-c2ccc(N(c3ccc(-c4ccc5c(c4)oc4ccccc45)cc3)c3ccc4ccccc4c3-c3ccccc3)cc21. The first-order valence-corrected chi connectivity index (χ1v) is 17.7. The summed E-state index contributed by atoms with van der Waals surface area (Å²) in [6.45, 7) is 4.70. The molecule has 0 bridgehead atoms. The topological polar surface area (TPSA) is 16.4 Å². The van der Waals surface area contributed by atoms with E-state index in [1.54, 1.807) is 0 Å². The summed E-state index contributed by atoms with van der Waals surface area (Å²) in [5.74, 6) is 0. The van der Waals surface area contributed by atoms with Crippen molar-refractivity contribution in [3.8, 4) is 33.4 Å². The van der Waals surface area contributed by atoms with Gasteiger partial charge in [-0.05, 0) is 98.2 Å². The summed E-state index contributed by atoms with van der Waals surface area (Å²) in [6.07, 6.45) is 0. The molecule has 1 aliphatic carbocycles. The van der Waals surface area contributed by atoms with Crippen LogP contribution in [0.2, 0.25) is 0 Å². The van der Waals surface area contributed by atoms with Gasteiger partial charge in [-0.15, -0.1) is 0 Å². The molecule has 0 N–H and O–H groups in total. The molecule has 9 aromatic rings. The van der Waals surface area contributed by atoms with Gasteiger partial charge in [0.1, 0.15) is 11.2 Å². The molecule has 0 unspecified atom stereocenters. The van der Waals surface area contributed by atoms with E-state index in [1.807, 2.05) is 12.1 Å². The Labute approximate surface area is 297 Å². The molecule has 10 rings (SSSR count). The largest absolute Gasteiger partial charge is 0.456 e. The molecule has 0 atom stereocenters. The van der Waals surface area contributed by atoms with Crippen LogP contribution in [0.1, 0.15) is 25.0 Å². The fraction of sp³-hybridized carbons (Fsp3) is 0.0612. The van der Waals surface area contributed by atoms with Crippen molar-refractivity contribution in [2.24, 2.45) is 0 Å². The third-order valence-corrected chi connectivity index (χ3v) is 10.9. The second kappa shape index (κ2) is 11.3. The molecule has 8 aromatic carbocycles. The number of anilines is 3. The Morgan fingerprint density at radius 1 is 0.431 bits per heavy atom. The highest BCUT2D eigenvalue weighted by molar-refractivity contribution is 6.07. The number of nitrogens with zero attached hydrogens (tertiary/aromatic N) is 1. The maximum atomic E-state index is 6.25. The Kier molecular flexibility index (Phi) is 6.56. The van der Waals surface area contributed by atoms with Crippen molar-refractivity contribution in [2.75, 3.05) is 4.90 Å². The van der Waals surface area contributed by atoms with Gasteiger partial charge in [-0.2, -0.15) is 0 Å². The average Bonchev–Trinajstić information content (AvgIpc) is 3.67. The van der Waals surface area contributed by atoms with Crippen LogP contribution in [0.3, 0.4) is 0 Å². The minimum Gasteiger partial charge on any atom is -0.456 e. The van der Waals surface area contributed by atoms with E-state index in [2.05, 4.69) is 183 Å². The van der Waals surface area contributed by atoms with Crippen molar-refractivity contribution in [1.82, 2.24) is 0 Å². The highest BCUT2D eigenvalue weighted by atomic mass is 16.3. The normalized spacial score (nSPS) is 13.1. The van der Waals surface area contributed by atoms with Gasteiger partial charge in [-0.1, -0.05) is 141 Å². The van der Waals surface area contributed by atoms with E-state index in [0.717, 1.165) is 50.1 Å². The molecule has 0 aliphatic heterocycles. The van der Waals surface area contributed by atoms with Gasteiger partial charge in [-0.25, -0.2) is 0 Å². The number of para-hydroxylation sites is 1. The lowest BCUT2D eigenvalue weighted by molar-refractivity contribution is 0.660. The van der Waals surface area contributed by atoms with E-state index in [4.69, 9.17) is 4.42 Å². The molecule has 1 aliphatic rings. The molecular formula is C49H35NO. The molecule has 0 saturated heterocycles. The molecule has 1 heterocycles. The van der Waals surface area contributed by atoms with Gasteiger partial charge in [0.15, 0.2) is 0 Å². The zero-order valence-corrected chi connectivity index (χ0v) is 28.6. The predicted octanol–water partition coefficient (Wildman–Crippen LogP) is 13.8. The second-order valence-corrected chi connectivity index (χ2v) is 14.1. The number of benzene rings is 8. The quantitative estimate of drug-likeness (QED) is 0.184. The first kappa shape index (κ1) is 29.5. The van der Waals surface area contributed by atoms with E-state index in [1.165, 1.54) is 44.2 Å². The second-order valence-electron chi connectivity index (χ2n) is 14.1. The molecule has 242 valence electrons. The van der Waals surface area contributed by atoms with Crippen molar-refractivity contribution in [2.45, 2.75) is 19.3 Å². The lowest BCUT2D eigenvalue weighted by Crippen LogP contribution is -2.17. The lowest BCUT2D eigenvalue weighted by Gasteiger charge is -2.30. The van der Waals surface area contributed by atoms with Crippen LogP contribution < -0.4 is 4.90 Å². The molecule has 0 radical (unpaired) electrons. The van der Waals surface area contributed by atoms with Gasteiger partial charge in [0.2, 0.25) is 0 Å². The number of furan rings is 1. The Balaban J connectivity index is 1.16. The Morgan fingerprint density at radius 2 is 1.10 bits per heavy atom. The van der Waals surface area contributed by atoms with Gasteiger partial charge < -0.3 is 9.32 Å². The van der Waals surface area contributed by atoms with Crippen LogP contribution in [0.4, 0.5) is 17.1 Å². The number of hydrogen-bond donors (Lipinski definition) is 0. The van der Waals surface area contributed by atoms with E-state index >= 15 is 0 Å². The summed E-state index contributed by atoms with van der Waals surface area (Å²) in [7, 11) is 0. The van der Waals surface area contributed by atoms with E-state index in [-0.39, 0.29) is 5.41 Å². The molecule has 51 heavy (non-hydrogen) atoms. The highest BCUT2D eigenvalue weighted by Crippen LogP contribution is 2.52.